The molecular formula is C10H20O7. The van der Waals surface area contributed by atoms with Crippen LogP contribution in [0.5, 0.6) is 0 Å². The lowest BCUT2D eigenvalue weighted by Gasteiger charge is -2.17. The van der Waals surface area contributed by atoms with Crippen molar-refractivity contribution in [1.29, 1.82) is 0 Å². The fourth-order valence-electron chi connectivity index (χ4n) is 0.990. The van der Waals surface area contributed by atoms with Crippen LogP contribution in [0, 0.1) is 0 Å². The summed E-state index contributed by atoms with van der Waals surface area (Å²) in [5.41, 5.74) is 0. The van der Waals surface area contributed by atoms with E-state index in [4.69, 9.17) is 24.7 Å². The molecule has 2 N–H and O–H groups in total. The van der Waals surface area contributed by atoms with Crippen molar-refractivity contribution >= 4 is 0 Å². The first kappa shape index (κ1) is 16.5. The third-order valence-electron chi connectivity index (χ3n) is 1.69. The van der Waals surface area contributed by atoms with Crippen LogP contribution in [0.2, 0.25) is 0 Å². The fourth-order valence-corrected chi connectivity index (χ4v) is 0.990. The monoisotopic (exact) mass is 252 g/mol. The molecule has 0 aliphatic rings. The molecule has 1 atom stereocenters. The molecule has 0 rings (SSSR count). The third kappa shape index (κ3) is 11.7. The molecule has 0 aromatic rings. The number of rotatable bonds is 13. The molecule has 0 aromatic heterocycles. The van der Waals surface area contributed by atoms with Gasteiger partial charge in [0.15, 0.2) is 0 Å². The maximum Gasteiger partial charge on any atom is 0.105 e. The summed E-state index contributed by atoms with van der Waals surface area (Å²) in [6.45, 7) is 5.27. The number of hydrogen-bond donors (Lipinski definition) is 2. The molecule has 0 bridgehead atoms. The van der Waals surface area contributed by atoms with Crippen LogP contribution in [0.1, 0.15) is 0 Å². The maximum absolute atomic E-state index is 8.14. The molecule has 0 spiro atoms. The Balaban J connectivity index is 3.63. The van der Waals surface area contributed by atoms with E-state index in [0.29, 0.717) is 19.8 Å². The molecule has 0 saturated heterocycles. The quantitative estimate of drug-likeness (QED) is 0.214. The van der Waals surface area contributed by atoms with E-state index in [1.807, 2.05) is 0 Å². The van der Waals surface area contributed by atoms with E-state index < -0.39 is 0 Å². The normalized spacial score (nSPS) is 12.6. The van der Waals surface area contributed by atoms with Crippen LogP contribution in [-0.4, -0.2) is 62.9 Å². The Morgan fingerprint density at radius 3 is 2.24 bits per heavy atom. The zero-order valence-corrected chi connectivity index (χ0v) is 9.75. The highest BCUT2D eigenvalue weighted by Gasteiger charge is 2.09. The minimum absolute atomic E-state index is 0.0811. The SMILES string of the molecule is C=CCOCC(COCCOO)OCCOO. The van der Waals surface area contributed by atoms with Crippen LogP contribution < -0.4 is 0 Å². The smallest absolute Gasteiger partial charge is 0.105 e. The summed E-state index contributed by atoms with van der Waals surface area (Å²) in [4.78, 5) is 7.74. The zero-order chi connectivity index (χ0) is 12.8. The molecule has 0 saturated carbocycles. The van der Waals surface area contributed by atoms with Gasteiger partial charge in [0.05, 0.1) is 33.0 Å². The second kappa shape index (κ2) is 13.5. The molecule has 0 amide bonds. The first-order chi connectivity index (χ1) is 8.35. The highest BCUT2D eigenvalue weighted by molar-refractivity contribution is 4.65. The van der Waals surface area contributed by atoms with Gasteiger partial charge in [0.25, 0.3) is 0 Å². The van der Waals surface area contributed by atoms with Crippen molar-refractivity contribution in [2.75, 3.05) is 46.2 Å². The van der Waals surface area contributed by atoms with Crippen LogP contribution in [-0.2, 0) is 24.0 Å². The van der Waals surface area contributed by atoms with Gasteiger partial charge in [-0.05, 0) is 0 Å². The molecule has 0 fully saturated rings. The summed E-state index contributed by atoms with van der Waals surface area (Å²) in [5, 5.41) is 16.2. The molecule has 0 radical (unpaired) electrons. The van der Waals surface area contributed by atoms with E-state index in [1.165, 1.54) is 0 Å². The van der Waals surface area contributed by atoms with Crippen molar-refractivity contribution in [3.8, 4) is 0 Å². The van der Waals surface area contributed by atoms with Gasteiger partial charge >= 0.3 is 0 Å². The van der Waals surface area contributed by atoms with Crippen molar-refractivity contribution in [3.05, 3.63) is 12.7 Å². The highest BCUT2D eigenvalue weighted by Crippen LogP contribution is 1.96. The van der Waals surface area contributed by atoms with Gasteiger partial charge in [-0.2, -0.15) is 0 Å². The standard InChI is InChI=1S/C10H20O7/c1-2-3-13-8-10(15-5-7-17-12)9-14-4-6-16-11/h2,10-12H,1,3-9H2. The molecule has 17 heavy (non-hydrogen) atoms. The predicted molar refractivity (Wildman–Crippen MR) is 58.7 cm³/mol. The summed E-state index contributed by atoms with van der Waals surface area (Å²) in [7, 11) is 0. The molecule has 0 aliphatic carbocycles. The average Bonchev–Trinajstić information content (AvgIpc) is 2.34. The van der Waals surface area contributed by atoms with Crippen LogP contribution >= 0.6 is 0 Å². The van der Waals surface area contributed by atoms with Crippen molar-refractivity contribution in [1.82, 2.24) is 0 Å². The van der Waals surface area contributed by atoms with Crippen molar-refractivity contribution in [3.63, 3.8) is 0 Å². The number of ether oxygens (including phenoxy) is 3. The van der Waals surface area contributed by atoms with E-state index in [-0.39, 0.29) is 32.5 Å². The van der Waals surface area contributed by atoms with Crippen LogP contribution in [0.4, 0.5) is 0 Å². The second-order valence-corrected chi connectivity index (χ2v) is 3.06. The fraction of sp³-hybridized carbons (Fsp3) is 0.800. The van der Waals surface area contributed by atoms with Gasteiger partial charge in [0, 0.05) is 0 Å². The topological polar surface area (TPSA) is 86.6 Å². The molecule has 102 valence electrons. The molecule has 7 heteroatoms. The Morgan fingerprint density at radius 2 is 1.59 bits per heavy atom. The van der Waals surface area contributed by atoms with Crippen molar-refractivity contribution in [2.24, 2.45) is 0 Å². The van der Waals surface area contributed by atoms with Crippen molar-refractivity contribution in [2.45, 2.75) is 6.10 Å². The molecule has 0 heterocycles. The van der Waals surface area contributed by atoms with Crippen LogP contribution in [0.15, 0.2) is 12.7 Å². The van der Waals surface area contributed by atoms with Gasteiger partial charge in [0.2, 0.25) is 0 Å². The number of hydrogen-bond acceptors (Lipinski definition) is 7. The summed E-state index contributed by atoms with van der Waals surface area (Å²) in [5.74, 6) is 0. The predicted octanol–water partition coefficient (Wildman–Crippen LogP) is 0.570. The van der Waals surface area contributed by atoms with Crippen LogP contribution in [0.25, 0.3) is 0 Å². The van der Waals surface area contributed by atoms with E-state index in [2.05, 4.69) is 16.4 Å². The summed E-state index contributed by atoms with van der Waals surface area (Å²) in [6, 6.07) is 0. The molecule has 0 aliphatic heterocycles. The lowest BCUT2D eigenvalue weighted by atomic mass is 10.4. The molecular weight excluding hydrogens is 232 g/mol. The Bertz CT molecular complexity index is 165. The van der Waals surface area contributed by atoms with Gasteiger partial charge in [0.1, 0.15) is 19.3 Å². The first-order valence-corrected chi connectivity index (χ1v) is 5.25. The largest absolute Gasteiger partial charge is 0.376 e. The van der Waals surface area contributed by atoms with Gasteiger partial charge in [-0.1, -0.05) is 6.08 Å². The minimum atomic E-state index is -0.274. The Kier molecular flexibility index (Phi) is 13.1. The zero-order valence-electron chi connectivity index (χ0n) is 9.75. The lowest BCUT2D eigenvalue weighted by molar-refractivity contribution is -0.255. The summed E-state index contributed by atoms with van der Waals surface area (Å²) < 4.78 is 15.7. The maximum atomic E-state index is 8.14. The van der Waals surface area contributed by atoms with Gasteiger partial charge in [-0.25, -0.2) is 9.78 Å². The Labute approximate surface area is 100 Å². The average molecular weight is 252 g/mol. The van der Waals surface area contributed by atoms with E-state index >= 15 is 0 Å². The first-order valence-electron chi connectivity index (χ1n) is 5.25. The van der Waals surface area contributed by atoms with E-state index in [1.54, 1.807) is 6.08 Å². The Morgan fingerprint density at radius 1 is 0.941 bits per heavy atom. The lowest BCUT2D eigenvalue weighted by Crippen LogP contribution is -2.28. The molecule has 1 unspecified atom stereocenters. The minimum Gasteiger partial charge on any atom is -0.376 e. The highest BCUT2D eigenvalue weighted by atomic mass is 17.1. The van der Waals surface area contributed by atoms with Crippen LogP contribution in [0.3, 0.4) is 0 Å². The Hall–Kier alpha value is -0.540. The summed E-state index contributed by atoms with van der Waals surface area (Å²) in [6.07, 6.45) is 1.36. The summed E-state index contributed by atoms with van der Waals surface area (Å²) >= 11 is 0. The van der Waals surface area contributed by atoms with Gasteiger partial charge < -0.3 is 14.2 Å². The van der Waals surface area contributed by atoms with Gasteiger partial charge in [-0.15, -0.1) is 6.58 Å². The molecule has 7 nitrogen and oxygen atoms in total. The van der Waals surface area contributed by atoms with E-state index in [9.17, 15) is 0 Å². The second-order valence-electron chi connectivity index (χ2n) is 3.06. The van der Waals surface area contributed by atoms with Gasteiger partial charge in [-0.3, -0.25) is 10.5 Å². The molecule has 0 aromatic carbocycles. The van der Waals surface area contributed by atoms with E-state index in [0.717, 1.165) is 0 Å². The van der Waals surface area contributed by atoms with Crippen molar-refractivity contribution < 1.29 is 34.5 Å². The third-order valence-corrected chi connectivity index (χ3v) is 1.69.